The monoisotopic (exact) mass is 246 g/mol. The molecular formula is C7H17ClNO6+. The fraction of sp³-hybridized carbons (Fsp3) is 1.00. The zero-order valence-corrected chi connectivity index (χ0v) is 9.10. The van der Waals surface area contributed by atoms with Crippen molar-refractivity contribution in [3.05, 3.63) is 0 Å². The standard InChI is InChI=1S/C7H17ClNO6/c8-7-9(13-4-1-10,14-5-2-11)15-6-3-12/h10-12H,1-7H2/q+1. The quantitative estimate of drug-likeness (QED) is 0.194. The summed E-state index contributed by atoms with van der Waals surface area (Å²) in [6, 6.07) is -0.194. The molecule has 0 saturated heterocycles. The number of hydroxylamine groups is 3. The molecule has 0 atom stereocenters. The van der Waals surface area contributed by atoms with Gasteiger partial charge in [0.05, 0.1) is 19.8 Å². The molecule has 0 aromatic carbocycles. The van der Waals surface area contributed by atoms with Gasteiger partial charge >= 0.3 is 0 Å². The molecule has 0 bridgehead atoms. The molecule has 0 aromatic rings. The van der Waals surface area contributed by atoms with E-state index >= 15 is 0 Å². The van der Waals surface area contributed by atoms with Crippen LogP contribution in [0.5, 0.6) is 0 Å². The lowest BCUT2D eigenvalue weighted by Crippen LogP contribution is -2.48. The molecule has 0 aliphatic carbocycles. The molecule has 0 spiro atoms. The second kappa shape index (κ2) is 9.25. The van der Waals surface area contributed by atoms with Crippen molar-refractivity contribution in [2.24, 2.45) is 0 Å². The Balaban J connectivity index is 4.16. The molecule has 92 valence electrons. The summed E-state index contributed by atoms with van der Waals surface area (Å²) in [7, 11) is 0. The lowest BCUT2D eigenvalue weighted by Gasteiger charge is -2.26. The van der Waals surface area contributed by atoms with E-state index in [1.54, 1.807) is 0 Å². The normalized spacial score (nSPS) is 12.0. The average molecular weight is 247 g/mol. The Morgan fingerprint density at radius 2 is 1.13 bits per heavy atom. The maximum absolute atomic E-state index is 8.59. The summed E-state index contributed by atoms with van der Waals surface area (Å²) < 4.78 is 0. The number of hydrogen-bond acceptors (Lipinski definition) is 6. The van der Waals surface area contributed by atoms with E-state index in [1.165, 1.54) is 0 Å². The zero-order valence-electron chi connectivity index (χ0n) is 8.34. The third kappa shape index (κ3) is 6.23. The predicted octanol–water partition coefficient (Wildman–Crippen LogP) is -1.23. The van der Waals surface area contributed by atoms with E-state index in [4.69, 9.17) is 41.4 Å². The first kappa shape index (κ1) is 15.0. The molecule has 0 radical (unpaired) electrons. The lowest BCUT2D eigenvalue weighted by atomic mass is 10.8. The summed E-state index contributed by atoms with van der Waals surface area (Å²) in [6.07, 6.45) is 0. The molecule has 0 fully saturated rings. The number of aliphatic hydroxyl groups excluding tert-OH is 3. The number of alkyl halides is 1. The predicted molar refractivity (Wildman–Crippen MR) is 50.1 cm³/mol. The summed E-state index contributed by atoms with van der Waals surface area (Å²) in [4.78, 5) is 14.2. The largest absolute Gasteiger partial charge is 0.394 e. The Morgan fingerprint density at radius 3 is 1.33 bits per heavy atom. The van der Waals surface area contributed by atoms with Crippen LogP contribution in [-0.2, 0) is 14.5 Å². The van der Waals surface area contributed by atoms with E-state index in [0.717, 1.165) is 0 Å². The molecule has 0 aliphatic heterocycles. The SMILES string of the molecule is OCCO[N+](CCl)(OCCO)OCCO. The van der Waals surface area contributed by atoms with E-state index in [9.17, 15) is 0 Å². The third-order valence-corrected chi connectivity index (χ3v) is 1.58. The molecule has 0 unspecified atom stereocenters. The summed E-state index contributed by atoms with van der Waals surface area (Å²) in [6.45, 7) is -0.775. The van der Waals surface area contributed by atoms with Gasteiger partial charge < -0.3 is 15.3 Å². The molecule has 0 rings (SSSR count). The first-order valence-corrected chi connectivity index (χ1v) is 4.98. The van der Waals surface area contributed by atoms with Gasteiger partial charge in [-0.3, -0.25) is 0 Å². The van der Waals surface area contributed by atoms with Crippen molar-refractivity contribution < 1.29 is 34.8 Å². The van der Waals surface area contributed by atoms with Gasteiger partial charge in [-0.15, -0.1) is 14.5 Å². The molecule has 0 heterocycles. The summed E-state index contributed by atoms with van der Waals surface area (Å²) in [5, 5.41) is 25.8. The minimum atomic E-state index is -0.830. The Hall–Kier alpha value is 0.01000. The van der Waals surface area contributed by atoms with Gasteiger partial charge in [-0.2, -0.15) is 0 Å². The summed E-state index contributed by atoms with van der Waals surface area (Å²) in [5.41, 5.74) is 0. The van der Waals surface area contributed by atoms with Crippen molar-refractivity contribution in [1.82, 2.24) is 0 Å². The highest BCUT2D eigenvalue weighted by atomic mass is 35.5. The van der Waals surface area contributed by atoms with Gasteiger partial charge in [0.1, 0.15) is 24.8 Å². The molecule has 15 heavy (non-hydrogen) atoms. The smallest absolute Gasteiger partial charge is 0.251 e. The van der Waals surface area contributed by atoms with Gasteiger partial charge in [0.2, 0.25) is 0 Å². The van der Waals surface area contributed by atoms with Crippen LogP contribution in [0.15, 0.2) is 0 Å². The summed E-state index contributed by atoms with van der Waals surface area (Å²) in [5.74, 6) is 0. The van der Waals surface area contributed by atoms with E-state index < -0.39 is 4.97 Å². The topological polar surface area (TPSA) is 88.4 Å². The molecule has 0 aromatic heterocycles. The van der Waals surface area contributed by atoms with Crippen LogP contribution in [0.25, 0.3) is 0 Å². The third-order valence-electron chi connectivity index (χ3n) is 1.28. The second-order valence-electron chi connectivity index (χ2n) is 2.40. The average Bonchev–Trinajstić information content (AvgIpc) is 2.29. The number of quaternary nitrogens is 1. The van der Waals surface area contributed by atoms with Gasteiger partial charge in [-0.25, -0.2) is 0 Å². The van der Waals surface area contributed by atoms with Crippen LogP contribution >= 0.6 is 11.6 Å². The van der Waals surface area contributed by atoms with Crippen LogP contribution in [0.4, 0.5) is 0 Å². The van der Waals surface area contributed by atoms with E-state index in [-0.39, 0.29) is 45.6 Å². The van der Waals surface area contributed by atoms with Crippen molar-refractivity contribution in [2.45, 2.75) is 0 Å². The molecule has 3 N–H and O–H groups in total. The Kier molecular flexibility index (Phi) is 9.26. The first-order chi connectivity index (χ1) is 7.24. The van der Waals surface area contributed by atoms with Crippen LogP contribution in [0.2, 0.25) is 0 Å². The second-order valence-corrected chi connectivity index (χ2v) is 2.64. The Labute approximate surface area is 92.8 Å². The molecule has 8 heteroatoms. The van der Waals surface area contributed by atoms with Crippen molar-refractivity contribution in [1.29, 1.82) is 0 Å². The van der Waals surface area contributed by atoms with Crippen LogP contribution in [0.3, 0.4) is 0 Å². The van der Waals surface area contributed by atoms with Gasteiger partial charge in [0.15, 0.2) is 0 Å². The summed E-state index contributed by atoms with van der Waals surface area (Å²) >= 11 is 5.58. The molecular weight excluding hydrogens is 230 g/mol. The maximum Gasteiger partial charge on any atom is 0.251 e. The van der Waals surface area contributed by atoms with Crippen LogP contribution < -0.4 is 0 Å². The fourth-order valence-corrected chi connectivity index (χ4v) is 0.962. The molecule has 0 amide bonds. The highest BCUT2D eigenvalue weighted by Crippen LogP contribution is 2.12. The van der Waals surface area contributed by atoms with Crippen LogP contribution in [0.1, 0.15) is 0 Å². The number of halogens is 1. The van der Waals surface area contributed by atoms with Gasteiger partial charge in [-0.1, -0.05) is 11.6 Å². The van der Waals surface area contributed by atoms with Crippen LogP contribution in [0, 0.1) is 0 Å². The van der Waals surface area contributed by atoms with E-state index in [0.29, 0.717) is 0 Å². The zero-order chi connectivity index (χ0) is 11.6. The molecule has 0 saturated carbocycles. The van der Waals surface area contributed by atoms with Crippen molar-refractivity contribution in [3.63, 3.8) is 0 Å². The van der Waals surface area contributed by atoms with E-state index in [2.05, 4.69) is 0 Å². The van der Waals surface area contributed by atoms with Crippen LogP contribution in [-0.4, -0.2) is 65.9 Å². The van der Waals surface area contributed by atoms with Gasteiger partial charge in [0, 0.05) is 0 Å². The highest BCUT2D eigenvalue weighted by molar-refractivity contribution is 6.16. The Bertz CT molecular complexity index is 128. The Morgan fingerprint density at radius 1 is 0.800 bits per heavy atom. The van der Waals surface area contributed by atoms with Gasteiger partial charge in [0.25, 0.3) is 6.00 Å². The molecule has 0 aliphatic rings. The minimum Gasteiger partial charge on any atom is -0.394 e. The van der Waals surface area contributed by atoms with Crippen molar-refractivity contribution >= 4 is 11.6 Å². The van der Waals surface area contributed by atoms with Gasteiger partial charge in [-0.05, 0) is 0 Å². The number of hydrogen-bond donors (Lipinski definition) is 3. The van der Waals surface area contributed by atoms with Crippen molar-refractivity contribution in [2.75, 3.05) is 45.6 Å². The number of nitrogens with zero attached hydrogens (tertiary/aromatic N) is 1. The van der Waals surface area contributed by atoms with Crippen molar-refractivity contribution in [3.8, 4) is 0 Å². The maximum atomic E-state index is 8.59. The lowest BCUT2D eigenvalue weighted by molar-refractivity contribution is -1.36. The number of aliphatic hydroxyl groups is 3. The fourth-order valence-electron chi connectivity index (χ4n) is 0.755. The minimum absolute atomic E-state index is 0.0381. The first-order valence-electron chi connectivity index (χ1n) is 4.45. The molecule has 7 nitrogen and oxygen atoms in total. The van der Waals surface area contributed by atoms with E-state index in [1.807, 2.05) is 0 Å². The highest BCUT2D eigenvalue weighted by Gasteiger charge is 2.34. The number of rotatable bonds is 10.